The fourth-order valence-corrected chi connectivity index (χ4v) is 3.20. The molecule has 0 radical (unpaired) electrons. The first-order valence-electron chi connectivity index (χ1n) is 9.48. The highest BCUT2D eigenvalue weighted by molar-refractivity contribution is 6.12. The van der Waals surface area contributed by atoms with Crippen molar-refractivity contribution in [3.8, 4) is 11.8 Å². The molecule has 4 rings (SSSR count). The Morgan fingerprint density at radius 2 is 1.35 bits per heavy atom. The van der Waals surface area contributed by atoms with Crippen LogP contribution in [0.2, 0.25) is 0 Å². The largest absolute Gasteiger partial charge is 0.288 e. The SMILES string of the molecule is N#Cc1ccccc1-n1nc(C(=O)c2ccccc2)cc(C(=O)c2ccccc2)c1=N. The Balaban J connectivity index is 1.97. The molecule has 3 aromatic carbocycles. The number of aromatic nitrogens is 2. The van der Waals surface area contributed by atoms with Gasteiger partial charge in [0, 0.05) is 11.1 Å². The van der Waals surface area contributed by atoms with Gasteiger partial charge in [-0.3, -0.25) is 15.0 Å². The van der Waals surface area contributed by atoms with Crippen molar-refractivity contribution in [2.24, 2.45) is 0 Å². The number of para-hydroxylation sites is 1. The highest BCUT2D eigenvalue weighted by atomic mass is 16.1. The number of carbonyl (C=O) groups excluding carboxylic acids is 2. The fourth-order valence-electron chi connectivity index (χ4n) is 3.20. The average molecular weight is 404 g/mol. The van der Waals surface area contributed by atoms with Crippen molar-refractivity contribution in [3.63, 3.8) is 0 Å². The van der Waals surface area contributed by atoms with Gasteiger partial charge < -0.3 is 0 Å². The normalized spacial score (nSPS) is 10.3. The average Bonchev–Trinajstić information content (AvgIpc) is 2.84. The second-order valence-corrected chi connectivity index (χ2v) is 6.72. The van der Waals surface area contributed by atoms with Crippen LogP contribution in [0.5, 0.6) is 0 Å². The van der Waals surface area contributed by atoms with Gasteiger partial charge in [0.15, 0.2) is 11.3 Å². The number of carbonyl (C=O) groups is 2. The summed E-state index contributed by atoms with van der Waals surface area (Å²) in [5.74, 6) is -0.788. The lowest BCUT2D eigenvalue weighted by atomic mass is 10.0. The van der Waals surface area contributed by atoms with Gasteiger partial charge in [0.1, 0.15) is 11.8 Å². The standard InChI is InChI=1S/C25H16N4O2/c26-16-19-13-7-8-14-22(19)29-25(27)20(23(30)17-9-3-1-4-10-17)15-21(28-29)24(31)18-11-5-2-6-12-18/h1-15,27H. The van der Waals surface area contributed by atoms with E-state index in [-0.39, 0.29) is 28.1 Å². The Morgan fingerprint density at radius 3 is 1.97 bits per heavy atom. The first kappa shape index (κ1) is 19.7. The summed E-state index contributed by atoms with van der Waals surface area (Å²) >= 11 is 0. The van der Waals surface area contributed by atoms with E-state index in [1.54, 1.807) is 84.9 Å². The van der Waals surface area contributed by atoms with Crippen molar-refractivity contribution in [1.82, 2.24) is 9.78 Å². The number of nitriles is 1. The zero-order chi connectivity index (χ0) is 21.8. The maximum Gasteiger partial charge on any atom is 0.213 e. The third-order valence-electron chi connectivity index (χ3n) is 4.76. The Kier molecular flexibility index (Phi) is 5.33. The van der Waals surface area contributed by atoms with Crippen molar-refractivity contribution < 1.29 is 9.59 Å². The molecule has 6 heteroatoms. The lowest BCUT2D eigenvalue weighted by Gasteiger charge is -2.13. The van der Waals surface area contributed by atoms with Gasteiger partial charge in [0.05, 0.1) is 16.8 Å². The summed E-state index contributed by atoms with van der Waals surface area (Å²) in [5, 5.41) is 22.5. The second-order valence-electron chi connectivity index (χ2n) is 6.72. The van der Waals surface area contributed by atoms with Crippen molar-refractivity contribution in [3.05, 3.63) is 124 Å². The number of rotatable bonds is 5. The fraction of sp³-hybridized carbons (Fsp3) is 0. The van der Waals surface area contributed by atoms with Gasteiger partial charge in [-0.25, -0.2) is 4.68 Å². The van der Waals surface area contributed by atoms with Crippen LogP contribution < -0.4 is 5.49 Å². The molecule has 0 bridgehead atoms. The van der Waals surface area contributed by atoms with Gasteiger partial charge in [-0.2, -0.15) is 10.4 Å². The molecule has 0 fully saturated rings. The molecule has 0 amide bonds. The van der Waals surface area contributed by atoms with Crippen LogP contribution in [-0.4, -0.2) is 21.3 Å². The number of hydrogen-bond donors (Lipinski definition) is 1. The van der Waals surface area contributed by atoms with Crippen LogP contribution in [0.4, 0.5) is 0 Å². The minimum atomic E-state index is -0.404. The maximum absolute atomic E-state index is 13.2. The van der Waals surface area contributed by atoms with E-state index in [9.17, 15) is 14.9 Å². The third-order valence-corrected chi connectivity index (χ3v) is 4.76. The van der Waals surface area contributed by atoms with E-state index in [1.807, 2.05) is 0 Å². The first-order chi connectivity index (χ1) is 15.1. The molecule has 0 spiro atoms. The number of benzene rings is 3. The number of hydrogen-bond acceptors (Lipinski definition) is 5. The summed E-state index contributed by atoms with van der Waals surface area (Å²) < 4.78 is 1.17. The van der Waals surface area contributed by atoms with E-state index in [1.165, 1.54) is 10.7 Å². The van der Waals surface area contributed by atoms with E-state index < -0.39 is 5.78 Å². The summed E-state index contributed by atoms with van der Waals surface area (Å²) in [6.07, 6.45) is 0. The lowest BCUT2D eigenvalue weighted by molar-refractivity contribution is 0.103. The summed E-state index contributed by atoms with van der Waals surface area (Å²) in [7, 11) is 0. The minimum absolute atomic E-state index is 0.00854. The Bertz CT molecular complexity index is 1380. The van der Waals surface area contributed by atoms with Crippen molar-refractivity contribution in [1.29, 1.82) is 10.7 Å². The zero-order valence-corrected chi connectivity index (χ0v) is 16.3. The Labute approximate surface area is 178 Å². The van der Waals surface area contributed by atoms with Crippen LogP contribution >= 0.6 is 0 Å². The Morgan fingerprint density at radius 1 is 0.806 bits per heavy atom. The summed E-state index contributed by atoms with van der Waals surface area (Å²) in [6.45, 7) is 0. The van der Waals surface area contributed by atoms with Crippen LogP contribution in [0.15, 0.2) is 91.0 Å². The minimum Gasteiger partial charge on any atom is -0.288 e. The van der Waals surface area contributed by atoms with Gasteiger partial charge >= 0.3 is 0 Å². The van der Waals surface area contributed by atoms with Crippen molar-refractivity contribution in [2.45, 2.75) is 0 Å². The van der Waals surface area contributed by atoms with Crippen molar-refractivity contribution in [2.75, 3.05) is 0 Å². The van der Waals surface area contributed by atoms with Crippen LogP contribution in [0, 0.1) is 16.7 Å². The molecule has 4 aromatic rings. The van der Waals surface area contributed by atoms with Gasteiger partial charge in [0.25, 0.3) is 0 Å². The van der Waals surface area contributed by atoms with E-state index in [0.29, 0.717) is 16.8 Å². The van der Waals surface area contributed by atoms with E-state index in [0.717, 1.165) is 0 Å². The van der Waals surface area contributed by atoms with Crippen LogP contribution in [0.1, 0.15) is 37.5 Å². The molecule has 31 heavy (non-hydrogen) atoms. The number of ketones is 2. The molecule has 0 aliphatic rings. The molecule has 0 unspecified atom stereocenters. The quantitative estimate of drug-likeness (QED) is 0.513. The summed E-state index contributed by atoms with van der Waals surface area (Å²) in [4.78, 5) is 26.3. The van der Waals surface area contributed by atoms with Gasteiger partial charge in [-0.15, -0.1) is 0 Å². The molecule has 0 saturated heterocycles. The van der Waals surface area contributed by atoms with E-state index in [2.05, 4.69) is 11.2 Å². The van der Waals surface area contributed by atoms with Crippen molar-refractivity contribution >= 4 is 11.6 Å². The number of nitrogens with zero attached hydrogens (tertiary/aromatic N) is 3. The lowest BCUT2D eigenvalue weighted by Crippen LogP contribution is -2.30. The van der Waals surface area contributed by atoms with E-state index >= 15 is 0 Å². The predicted octanol–water partition coefficient (Wildman–Crippen LogP) is 3.69. The molecule has 6 nitrogen and oxygen atoms in total. The summed E-state index contributed by atoms with van der Waals surface area (Å²) in [6, 6.07) is 27.2. The Hall–Kier alpha value is -4.63. The third kappa shape index (κ3) is 3.80. The van der Waals surface area contributed by atoms with Crippen LogP contribution in [0.3, 0.4) is 0 Å². The molecule has 1 N–H and O–H groups in total. The van der Waals surface area contributed by atoms with E-state index in [4.69, 9.17) is 5.41 Å². The van der Waals surface area contributed by atoms with Gasteiger partial charge in [-0.05, 0) is 18.2 Å². The molecule has 148 valence electrons. The molecule has 0 saturated carbocycles. The molecule has 1 heterocycles. The monoisotopic (exact) mass is 404 g/mol. The van der Waals surface area contributed by atoms with Gasteiger partial charge in [-0.1, -0.05) is 72.8 Å². The molecular formula is C25H16N4O2. The number of nitrogens with one attached hydrogen (secondary N) is 1. The molecular weight excluding hydrogens is 388 g/mol. The highest BCUT2D eigenvalue weighted by Crippen LogP contribution is 2.15. The molecule has 0 aliphatic heterocycles. The maximum atomic E-state index is 13.2. The highest BCUT2D eigenvalue weighted by Gasteiger charge is 2.20. The topological polar surface area (TPSA) is 99.6 Å². The first-order valence-corrected chi connectivity index (χ1v) is 9.48. The van der Waals surface area contributed by atoms with Crippen LogP contribution in [0.25, 0.3) is 5.69 Å². The summed E-state index contributed by atoms with van der Waals surface area (Å²) in [5.41, 5.74) is 1.21. The predicted molar refractivity (Wildman–Crippen MR) is 114 cm³/mol. The van der Waals surface area contributed by atoms with Gasteiger partial charge in [0.2, 0.25) is 5.78 Å². The molecule has 0 atom stereocenters. The van der Waals surface area contributed by atoms with Crippen LogP contribution in [-0.2, 0) is 0 Å². The zero-order valence-electron chi connectivity index (χ0n) is 16.3. The smallest absolute Gasteiger partial charge is 0.213 e. The molecule has 0 aliphatic carbocycles. The second kappa shape index (κ2) is 8.39. The molecule has 1 aromatic heterocycles.